The molecule has 2 aliphatic rings. The maximum absolute atomic E-state index is 11.4. The van der Waals surface area contributed by atoms with Crippen LogP contribution in [-0.4, -0.2) is 24.1 Å². The summed E-state index contributed by atoms with van der Waals surface area (Å²) in [7, 11) is 0. The Morgan fingerprint density at radius 2 is 2.08 bits per heavy atom. The molecule has 24 heavy (non-hydrogen) atoms. The topological polar surface area (TPSA) is 74.4 Å². The van der Waals surface area contributed by atoms with Crippen LogP contribution in [0.15, 0.2) is 18.3 Å². The molecule has 3 rings (SSSR count). The van der Waals surface area contributed by atoms with Crippen LogP contribution in [0.2, 0.25) is 0 Å². The number of nitrogens with zero attached hydrogens (tertiary/aromatic N) is 1. The van der Waals surface area contributed by atoms with Crippen molar-refractivity contribution in [1.29, 1.82) is 0 Å². The number of amides is 1. The van der Waals surface area contributed by atoms with Crippen molar-refractivity contribution < 1.29 is 14.3 Å². The summed E-state index contributed by atoms with van der Waals surface area (Å²) in [5, 5.41) is 0. The fourth-order valence-corrected chi connectivity index (χ4v) is 3.76. The third-order valence-electron chi connectivity index (χ3n) is 5.32. The molecule has 1 saturated heterocycles. The molecule has 1 aliphatic carbocycles. The SMILES string of the molecule is NC(=O)C1CCOC(c2ccc(OCCC3CCCCC3)nc2)C1. The highest BCUT2D eigenvalue weighted by Crippen LogP contribution is 2.31. The van der Waals surface area contributed by atoms with Crippen LogP contribution < -0.4 is 10.5 Å². The predicted molar refractivity (Wildman–Crippen MR) is 91.5 cm³/mol. The lowest BCUT2D eigenvalue weighted by Gasteiger charge is -2.27. The number of pyridine rings is 1. The molecule has 1 aromatic rings. The third kappa shape index (κ3) is 4.69. The summed E-state index contributed by atoms with van der Waals surface area (Å²) >= 11 is 0. The predicted octanol–water partition coefficient (Wildman–Crippen LogP) is 3.38. The van der Waals surface area contributed by atoms with Crippen LogP contribution in [0.3, 0.4) is 0 Å². The second kappa shape index (κ2) is 8.47. The van der Waals surface area contributed by atoms with Gasteiger partial charge in [0.2, 0.25) is 11.8 Å². The number of ether oxygens (including phenoxy) is 2. The molecule has 5 heteroatoms. The molecule has 1 saturated carbocycles. The van der Waals surface area contributed by atoms with Gasteiger partial charge in [-0.2, -0.15) is 0 Å². The molecule has 1 amide bonds. The maximum Gasteiger partial charge on any atom is 0.220 e. The Balaban J connectivity index is 1.47. The molecule has 0 spiro atoms. The smallest absolute Gasteiger partial charge is 0.220 e. The second-order valence-corrected chi connectivity index (χ2v) is 7.05. The van der Waals surface area contributed by atoms with Crippen LogP contribution in [0.4, 0.5) is 0 Å². The van der Waals surface area contributed by atoms with E-state index in [1.54, 1.807) is 6.20 Å². The third-order valence-corrected chi connectivity index (χ3v) is 5.32. The van der Waals surface area contributed by atoms with E-state index in [9.17, 15) is 4.79 Å². The highest BCUT2D eigenvalue weighted by atomic mass is 16.5. The molecular formula is C19H28N2O3. The summed E-state index contributed by atoms with van der Waals surface area (Å²) in [5.74, 6) is 1.14. The molecule has 2 unspecified atom stereocenters. The quantitative estimate of drug-likeness (QED) is 0.866. The van der Waals surface area contributed by atoms with E-state index < -0.39 is 0 Å². The average molecular weight is 332 g/mol. The van der Waals surface area contributed by atoms with Crippen molar-refractivity contribution >= 4 is 5.91 Å². The summed E-state index contributed by atoms with van der Waals surface area (Å²) in [6, 6.07) is 3.88. The van der Waals surface area contributed by atoms with E-state index in [4.69, 9.17) is 15.2 Å². The van der Waals surface area contributed by atoms with Crippen LogP contribution in [0.25, 0.3) is 0 Å². The second-order valence-electron chi connectivity index (χ2n) is 7.05. The van der Waals surface area contributed by atoms with Crippen LogP contribution >= 0.6 is 0 Å². The Labute approximate surface area is 143 Å². The summed E-state index contributed by atoms with van der Waals surface area (Å²) in [4.78, 5) is 15.8. The van der Waals surface area contributed by atoms with E-state index >= 15 is 0 Å². The zero-order chi connectivity index (χ0) is 16.8. The summed E-state index contributed by atoms with van der Waals surface area (Å²) in [6.45, 7) is 1.30. The first-order valence-corrected chi connectivity index (χ1v) is 9.22. The van der Waals surface area contributed by atoms with Crippen molar-refractivity contribution in [2.75, 3.05) is 13.2 Å². The lowest BCUT2D eigenvalue weighted by atomic mass is 9.87. The van der Waals surface area contributed by atoms with Crippen molar-refractivity contribution in [3.63, 3.8) is 0 Å². The van der Waals surface area contributed by atoms with Crippen LogP contribution in [0, 0.1) is 11.8 Å². The molecule has 0 aromatic carbocycles. The zero-order valence-electron chi connectivity index (χ0n) is 14.3. The minimum atomic E-state index is -0.237. The van der Waals surface area contributed by atoms with Gasteiger partial charge in [0.05, 0.1) is 12.7 Å². The zero-order valence-corrected chi connectivity index (χ0v) is 14.3. The number of rotatable bonds is 6. The van der Waals surface area contributed by atoms with Crippen LogP contribution in [-0.2, 0) is 9.53 Å². The van der Waals surface area contributed by atoms with E-state index in [-0.39, 0.29) is 17.9 Å². The van der Waals surface area contributed by atoms with Crippen LogP contribution in [0.1, 0.15) is 63.0 Å². The number of nitrogens with two attached hydrogens (primary N) is 1. The van der Waals surface area contributed by atoms with E-state index in [1.165, 1.54) is 32.1 Å². The summed E-state index contributed by atoms with van der Waals surface area (Å²) in [5.41, 5.74) is 6.40. The Kier molecular flexibility index (Phi) is 6.07. The monoisotopic (exact) mass is 332 g/mol. The van der Waals surface area contributed by atoms with E-state index in [0.29, 0.717) is 25.3 Å². The first kappa shape index (κ1) is 17.2. The van der Waals surface area contributed by atoms with E-state index in [1.807, 2.05) is 12.1 Å². The van der Waals surface area contributed by atoms with Gasteiger partial charge in [0.1, 0.15) is 0 Å². The molecule has 1 aliphatic heterocycles. The largest absolute Gasteiger partial charge is 0.478 e. The van der Waals surface area contributed by atoms with E-state index in [2.05, 4.69) is 4.98 Å². The molecule has 2 N–H and O–H groups in total. The number of carbonyl (C=O) groups is 1. The number of hydrogen-bond acceptors (Lipinski definition) is 4. The highest BCUT2D eigenvalue weighted by molar-refractivity contribution is 5.76. The fraction of sp³-hybridized carbons (Fsp3) is 0.684. The lowest BCUT2D eigenvalue weighted by molar-refractivity contribution is -0.126. The van der Waals surface area contributed by atoms with Gasteiger partial charge < -0.3 is 15.2 Å². The molecule has 0 radical (unpaired) electrons. The number of hydrogen-bond donors (Lipinski definition) is 1. The molecule has 5 nitrogen and oxygen atoms in total. The van der Waals surface area contributed by atoms with E-state index in [0.717, 1.165) is 24.5 Å². The van der Waals surface area contributed by atoms with Crippen molar-refractivity contribution in [1.82, 2.24) is 4.98 Å². The van der Waals surface area contributed by atoms with Gasteiger partial charge in [-0.15, -0.1) is 0 Å². The van der Waals surface area contributed by atoms with Crippen molar-refractivity contribution in [3.05, 3.63) is 23.9 Å². The average Bonchev–Trinajstić information content (AvgIpc) is 2.63. The summed E-state index contributed by atoms with van der Waals surface area (Å²) < 4.78 is 11.5. The van der Waals surface area contributed by atoms with Gasteiger partial charge in [0.15, 0.2) is 0 Å². The maximum atomic E-state index is 11.4. The minimum Gasteiger partial charge on any atom is -0.478 e. The standard InChI is InChI=1S/C19H28N2O3/c20-19(22)15-9-11-23-17(12-15)16-6-7-18(21-13-16)24-10-8-14-4-2-1-3-5-14/h6-7,13-15,17H,1-5,8-12H2,(H2,20,22). The first-order chi connectivity index (χ1) is 11.7. The normalized spacial score (nSPS) is 25.3. The first-order valence-electron chi connectivity index (χ1n) is 9.22. The Morgan fingerprint density at radius 3 is 2.79 bits per heavy atom. The number of carbonyl (C=O) groups excluding carboxylic acids is 1. The molecule has 132 valence electrons. The highest BCUT2D eigenvalue weighted by Gasteiger charge is 2.27. The molecule has 2 fully saturated rings. The van der Waals surface area contributed by atoms with Gasteiger partial charge in [-0.05, 0) is 36.8 Å². The lowest BCUT2D eigenvalue weighted by Crippen LogP contribution is -2.30. The van der Waals surface area contributed by atoms with Gasteiger partial charge in [0, 0.05) is 24.8 Å². The molecule has 2 atom stereocenters. The fourth-order valence-electron chi connectivity index (χ4n) is 3.76. The van der Waals surface area contributed by atoms with Crippen LogP contribution in [0.5, 0.6) is 5.88 Å². The molecule has 0 bridgehead atoms. The molecular weight excluding hydrogens is 304 g/mol. The van der Waals surface area contributed by atoms with Gasteiger partial charge in [-0.3, -0.25) is 4.79 Å². The van der Waals surface area contributed by atoms with Gasteiger partial charge >= 0.3 is 0 Å². The van der Waals surface area contributed by atoms with Crippen molar-refractivity contribution in [3.8, 4) is 5.88 Å². The van der Waals surface area contributed by atoms with Crippen molar-refractivity contribution in [2.45, 2.75) is 57.5 Å². The van der Waals surface area contributed by atoms with Crippen molar-refractivity contribution in [2.24, 2.45) is 17.6 Å². The Hall–Kier alpha value is -1.62. The molecule has 2 heterocycles. The Morgan fingerprint density at radius 1 is 1.25 bits per heavy atom. The number of aromatic nitrogens is 1. The Bertz CT molecular complexity index is 526. The molecule has 1 aromatic heterocycles. The van der Waals surface area contributed by atoms with Gasteiger partial charge in [-0.1, -0.05) is 32.1 Å². The van der Waals surface area contributed by atoms with Gasteiger partial charge in [-0.25, -0.2) is 4.98 Å². The van der Waals surface area contributed by atoms with Gasteiger partial charge in [0.25, 0.3) is 0 Å². The summed E-state index contributed by atoms with van der Waals surface area (Å²) in [6.07, 6.45) is 11.0. The number of primary amides is 1. The minimum absolute atomic E-state index is 0.0972.